The second kappa shape index (κ2) is 7.33. The lowest BCUT2D eigenvalue weighted by atomic mass is 10.2. The molecule has 0 bridgehead atoms. The minimum atomic E-state index is -3.71. The molecule has 3 heterocycles. The Kier molecular flexibility index (Phi) is 4.76. The molecule has 1 aliphatic rings. The molecule has 0 spiro atoms. The van der Waals surface area contributed by atoms with Gasteiger partial charge in [0, 0.05) is 40.2 Å². The Morgan fingerprint density at radius 3 is 2.53 bits per heavy atom. The van der Waals surface area contributed by atoms with Crippen LogP contribution >= 0.6 is 15.9 Å². The van der Waals surface area contributed by atoms with E-state index in [-0.39, 0.29) is 10.7 Å². The van der Waals surface area contributed by atoms with E-state index in [0.29, 0.717) is 41.2 Å². The number of hydrogen-bond donors (Lipinski definition) is 2. The molecule has 0 atom stereocenters. The van der Waals surface area contributed by atoms with E-state index in [4.69, 9.17) is 0 Å². The first-order chi connectivity index (χ1) is 14.4. The number of aromatic amines is 2. The molecule has 5 rings (SSSR count). The Morgan fingerprint density at radius 1 is 1.07 bits per heavy atom. The Labute approximate surface area is 181 Å². The topological polar surface area (TPSA) is 81.8 Å². The maximum Gasteiger partial charge on any atom is 0.245 e. The van der Waals surface area contributed by atoms with E-state index in [1.165, 1.54) is 16.4 Å². The summed E-state index contributed by atoms with van der Waals surface area (Å²) >= 11 is 3.45. The molecule has 1 aliphatic heterocycles. The number of imidazole rings is 1. The van der Waals surface area contributed by atoms with Crippen molar-refractivity contribution < 1.29 is 12.8 Å². The third-order valence-corrected chi connectivity index (χ3v) is 7.81. The van der Waals surface area contributed by atoms with E-state index in [2.05, 4.69) is 30.9 Å². The fourth-order valence-electron chi connectivity index (χ4n) is 3.85. The van der Waals surface area contributed by atoms with Crippen molar-refractivity contribution in [3.05, 3.63) is 59.0 Å². The molecule has 0 aliphatic carbocycles. The van der Waals surface area contributed by atoms with Gasteiger partial charge >= 0.3 is 0 Å². The highest BCUT2D eigenvalue weighted by atomic mass is 79.9. The monoisotopic (exact) mass is 488 g/mol. The maximum absolute atomic E-state index is 13.5. The summed E-state index contributed by atoms with van der Waals surface area (Å²) in [6.45, 7) is 1.03. The van der Waals surface area contributed by atoms with Crippen molar-refractivity contribution in [3.8, 4) is 22.8 Å². The largest absolute Gasteiger partial charge is 0.351 e. The highest BCUT2D eigenvalue weighted by molar-refractivity contribution is 9.10. The maximum atomic E-state index is 13.5. The van der Waals surface area contributed by atoms with Crippen LogP contribution in [0.1, 0.15) is 12.8 Å². The van der Waals surface area contributed by atoms with Crippen molar-refractivity contribution >= 4 is 36.9 Å². The molecule has 4 aromatic rings. The number of sulfonamides is 1. The number of nitrogens with zero attached hydrogens (tertiary/aromatic N) is 2. The average Bonchev–Trinajstić information content (AvgIpc) is 3.47. The van der Waals surface area contributed by atoms with Crippen molar-refractivity contribution in [2.24, 2.45) is 0 Å². The minimum absolute atomic E-state index is 0.223. The van der Waals surface area contributed by atoms with Crippen LogP contribution in [-0.4, -0.2) is 40.8 Å². The van der Waals surface area contributed by atoms with Gasteiger partial charge in [0.25, 0.3) is 0 Å². The van der Waals surface area contributed by atoms with E-state index in [9.17, 15) is 12.8 Å². The molecule has 0 radical (unpaired) electrons. The van der Waals surface area contributed by atoms with Crippen LogP contribution in [0.2, 0.25) is 0 Å². The first-order valence-electron chi connectivity index (χ1n) is 9.56. The molecule has 154 valence electrons. The highest BCUT2D eigenvalue weighted by Gasteiger charge is 2.33. The molecule has 30 heavy (non-hydrogen) atoms. The van der Waals surface area contributed by atoms with Gasteiger partial charge in [0.05, 0.1) is 5.69 Å². The molecule has 2 aromatic heterocycles. The van der Waals surface area contributed by atoms with Crippen LogP contribution in [0, 0.1) is 5.82 Å². The lowest BCUT2D eigenvalue weighted by molar-refractivity contribution is 0.478. The van der Waals surface area contributed by atoms with Gasteiger partial charge in [0.15, 0.2) is 5.82 Å². The molecular formula is C21H18BrFN4O2S. The SMILES string of the molecule is O=S(=O)(c1c(-c2nc(-c3ccc(F)cc3)c[nH]2)[nH]c2ccc(Br)cc12)N1CCCC1. The average molecular weight is 489 g/mol. The predicted octanol–water partition coefficient (Wildman–Crippen LogP) is 4.91. The van der Waals surface area contributed by atoms with Crippen LogP contribution < -0.4 is 0 Å². The van der Waals surface area contributed by atoms with Crippen molar-refractivity contribution in [3.63, 3.8) is 0 Å². The molecule has 0 amide bonds. The molecule has 1 fully saturated rings. The normalized spacial score (nSPS) is 15.3. The van der Waals surface area contributed by atoms with Gasteiger partial charge in [0.1, 0.15) is 16.4 Å². The molecule has 0 unspecified atom stereocenters. The summed E-state index contributed by atoms with van der Waals surface area (Å²) in [7, 11) is -3.71. The first-order valence-corrected chi connectivity index (χ1v) is 11.8. The molecular weight excluding hydrogens is 471 g/mol. The van der Waals surface area contributed by atoms with Crippen LogP contribution in [0.5, 0.6) is 0 Å². The molecule has 1 saturated heterocycles. The zero-order valence-corrected chi connectivity index (χ0v) is 18.2. The zero-order chi connectivity index (χ0) is 20.9. The summed E-state index contributed by atoms with van der Waals surface area (Å²) in [5, 5.41) is 0.617. The van der Waals surface area contributed by atoms with E-state index >= 15 is 0 Å². The molecule has 2 N–H and O–H groups in total. The third kappa shape index (κ3) is 3.27. The van der Waals surface area contributed by atoms with Crippen LogP contribution in [-0.2, 0) is 10.0 Å². The van der Waals surface area contributed by atoms with Gasteiger partial charge in [-0.25, -0.2) is 17.8 Å². The highest BCUT2D eigenvalue weighted by Crippen LogP contribution is 2.37. The van der Waals surface area contributed by atoms with Crippen molar-refractivity contribution in [2.75, 3.05) is 13.1 Å². The summed E-state index contributed by atoms with van der Waals surface area (Å²) in [6.07, 6.45) is 3.41. The number of nitrogens with one attached hydrogen (secondary N) is 2. The van der Waals surface area contributed by atoms with Crippen molar-refractivity contribution in [2.45, 2.75) is 17.7 Å². The Hall–Kier alpha value is -2.49. The summed E-state index contributed by atoms with van der Waals surface area (Å²) in [5.41, 5.74) is 2.48. The summed E-state index contributed by atoms with van der Waals surface area (Å²) in [4.78, 5) is 11.1. The van der Waals surface area contributed by atoms with Crippen LogP contribution in [0.3, 0.4) is 0 Å². The van der Waals surface area contributed by atoms with Crippen molar-refractivity contribution in [1.82, 2.24) is 19.3 Å². The zero-order valence-electron chi connectivity index (χ0n) is 15.8. The second-order valence-electron chi connectivity index (χ2n) is 7.27. The van der Waals surface area contributed by atoms with E-state index < -0.39 is 10.0 Å². The van der Waals surface area contributed by atoms with Crippen LogP contribution in [0.25, 0.3) is 33.7 Å². The summed E-state index contributed by atoms with van der Waals surface area (Å²) < 4.78 is 42.6. The number of hydrogen-bond acceptors (Lipinski definition) is 3. The van der Waals surface area contributed by atoms with Gasteiger partial charge in [0.2, 0.25) is 10.0 Å². The molecule has 9 heteroatoms. The quantitative estimate of drug-likeness (QED) is 0.428. The lowest BCUT2D eigenvalue weighted by Crippen LogP contribution is -2.28. The number of rotatable bonds is 4. The Bertz CT molecular complexity index is 1340. The predicted molar refractivity (Wildman–Crippen MR) is 117 cm³/mol. The van der Waals surface area contributed by atoms with E-state index in [1.54, 1.807) is 18.3 Å². The number of fused-ring (bicyclic) bond motifs is 1. The third-order valence-electron chi connectivity index (χ3n) is 5.33. The summed E-state index contributed by atoms with van der Waals surface area (Å²) in [5.74, 6) is 0.0918. The van der Waals surface area contributed by atoms with Crippen LogP contribution in [0.15, 0.2) is 58.0 Å². The lowest BCUT2D eigenvalue weighted by Gasteiger charge is -2.16. The standard InChI is InChI=1S/C21H18BrFN4O2S/c22-14-5-8-17-16(11-14)20(30(28,29)27-9-1-2-10-27)19(25-17)21-24-12-18(26-21)13-3-6-15(23)7-4-13/h3-8,11-12,25H,1-2,9-10H2,(H,24,26). The van der Waals surface area contributed by atoms with Gasteiger partial charge in [-0.3, -0.25) is 0 Å². The van der Waals surface area contributed by atoms with Gasteiger partial charge in [-0.2, -0.15) is 4.31 Å². The molecule has 0 saturated carbocycles. The van der Waals surface area contributed by atoms with Crippen molar-refractivity contribution in [1.29, 1.82) is 0 Å². The van der Waals surface area contributed by atoms with Gasteiger partial charge < -0.3 is 9.97 Å². The smallest absolute Gasteiger partial charge is 0.245 e. The van der Waals surface area contributed by atoms with E-state index in [0.717, 1.165) is 22.9 Å². The number of H-pyrrole nitrogens is 2. The number of halogens is 2. The minimum Gasteiger partial charge on any atom is -0.351 e. The molecule has 6 nitrogen and oxygen atoms in total. The number of aromatic nitrogens is 3. The number of benzene rings is 2. The van der Waals surface area contributed by atoms with Crippen LogP contribution in [0.4, 0.5) is 4.39 Å². The summed E-state index contributed by atoms with van der Waals surface area (Å²) in [6, 6.07) is 11.5. The Balaban J connectivity index is 1.69. The van der Waals surface area contributed by atoms with Gasteiger partial charge in [-0.15, -0.1) is 0 Å². The first kappa shape index (κ1) is 19.5. The fourth-order valence-corrected chi connectivity index (χ4v) is 6.06. The second-order valence-corrected chi connectivity index (χ2v) is 10.1. The molecule has 2 aromatic carbocycles. The Morgan fingerprint density at radius 2 is 1.80 bits per heavy atom. The fraction of sp³-hybridized carbons (Fsp3) is 0.190. The van der Waals surface area contributed by atoms with Gasteiger partial charge in [-0.05, 0) is 55.3 Å². The van der Waals surface area contributed by atoms with Gasteiger partial charge in [-0.1, -0.05) is 15.9 Å². The van der Waals surface area contributed by atoms with E-state index in [1.807, 2.05) is 18.2 Å².